The van der Waals surface area contributed by atoms with Crippen LogP contribution in [-0.2, 0) is 23.0 Å². The number of rotatable bonds is 4. The van der Waals surface area contributed by atoms with Gasteiger partial charge in [-0.1, -0.05) is 56.3 Å². The molecule has 3 aromatic rings. The maximum absolute atomic E-state index is 13.1. The number of aromatic nitrogens is 2. The van der Waals surface area contributed by atoms with Crippen molar-refractivity contribution in [1.82, 2.24) is 14.3 Å². The monoisotopic (exact) mass is 393 g/mol. The number of hydrogen-bond donors (Lipinski definition) is 0. The van der Waals surface area contributed by atoms with E-state index >= 15 is 0 Å². The zero-order chi connectivity index (χ0) is 19.7. The Morgan fingerprint density at radius 3 is 2.39 bits per heavy atom. The third kappa shape index (κ3) is 3.57. The predicted octanol–water partition coefficient (Wildman–Crippen LogP) is 4.01. The molecule has 0 aliphatic carbocycles. The van der Waals surface area contributed by atoms with Gasteiger partial charge < -0.3 is 0 Å². The Kier molecular flexibility index (Phi) is 5.00. The average molecular weight is 394 g/mol. The van der Waals surface area contributed by atoms with Crippen molar-refractivity contribution in [3.63, 3.8) is 0 Å². The molecule has 0 saturated heterocycles. The van der Waals surface area contributed by atoms with E-state index in [1.165, 1.54) is 4.31 Å². The van der Waals surface area contributed by atoms with E-state index in [1.54, 1.807) is 18.3 Å². The van der Waals surface area contributed by atoms with Crippen molar-refractivity contribution in [1.29, 1.82) is 0 Å². The molecule has 0 radical (unpaired) electrons. The molecule has 0 amide bonds. The highest BCUT2D eigenvalue weighted by Gasteiger charge is 2.29. The number of benzene rings is 2. The molecule has 1 aromatic heterocycles. The lowest BCUT2D eigenvalue weighted by molar-refractivity contribution is 0.387. The number of fused-ring (bicyclic) bond motifs is 1. The number of hydrogen-bond acceptors (Lipinski definition) is 4. The lowest BCUT2D eigenvalue weighted by Crippen LogP contribution is -2.36. The van der Waals surface area contributed by atoms with E-state index in [-0.39, 0.29) is 0 Å². The van der Waals surface area contributed by atoms with Crippen LogP contribution in [-0.4, -0.2) is 29.2 Å². The Hall–Kier alpha value is -2.57. The molecule has 0 saturated carbocycles. The molecular formula is C22H23N3O2S. The van der Waals surface area contributed by atoms with Crippen LogP contribution in [0.2, 0.25) is 0 Å². The molecule has 1 aliphatic heterocycles. The second kappa shape index (κ2) is 7.45. The van der Waals surface area contributed by atoms with Gasteiger partial charge in [0, 0.05) is 36.8 Å². The van der Waals surface area contributed by atoms with E-state index in [0.717, 1.165) is 22.4 Å². The van der Waals surface area contributed by atoms with Crippen LogP contribution in [0.15, 0.2) is 65.7 Å². The summed E-state index contributed by atoms with van der Waals surface area (Å²) in [5, 5.41) is 0. The predicted molar refractivity (Wildman–Crippen MR) is 109 cm³/mol. The maximum atomic E-state index is 13.1. The van der Waals surface area contributed by atoms with Crippen molar-refractivity contribution in [2.75, 3.05) is 6.54 Å². The first-order chi connectivity index (χ1) is 13.4. The molecular weight excluding hydrogens is 370 g/mol. The lowest BCUT2D eigenvalue weighted by Gasteiger charge is -2.27. The van der Waals surface area contributed by atoms with Crippen LogP contribution in [0.1, 0.15) is 36.6 Å². The van der Waals surface area contributed by atoms with Gasteiger partial charge in [-0.3, -0.25) is 0 Å². The third-order valence-electron chi connectivity index (χ3n) is 5.12. The molecule has 0 N–H and O–H groups in total. The molecule has 0 spiro atoms. The third-order valence-corrected chi connectivity index (χ3v) is 6.97. The highest BCUT2D eigenvalue weighted by atomic mass is 32.2. The van der Waals surface area contributed by atoms with Crippen molar-refractivity contribution >= 4 is 10.0 Å². The van der Waals surface area contributed by atoms with Gasteiger partial charge in [0.05, 0.1) is 10.6 Å². The lowest BCUT2D eigenvalue weighted by atomic mass is 10.0. The van der Waals surface area contributed by atoms with E-state index in [9.17, 15) is 8.42 Å². The minimum atomic E-state index is -3.53. The minimum absolute atomic E-state index is 0.304. The van der Waals surface area contributed by atoms with E-state index < -0.39 is 10.0 Å². The van der Waals surface area contributed by atoms with E-state index in [2.05, 4.69) is 23.8 Å². The van der Waals surface area contributed by atoms with Crippen LogP contribution in [0.4, 0.5) is 0 Å². The van der Waals surface area contributed by atoms with Gasteiger partial charge in [-0.2, -0.15) is 4.31 Å². The Morgan fingerprint density at radius 2 is 1.71 bits per heavy atom. The molecule has 0 atom stereocenters. The molecule has 0 unspecified atom stereocenters. The summed E-state index contributed by atoms with van der Waals surface area (Å²) in [5.74, 6) is 1.05. The standard InChI is InChI=1S/C22H23N3O2S/c1-16(2)17-8-10-20(11-9-17)28(26,27)25-13-12-21-19(15-25)14-23-22(24-21)18-6-4-3-5-7-18/h3-11,14,16H,12-13,15H2,1-2H3. The number of nitrogens with zero attached hydrogens (tertiary/aromatic N) is 3. The summed E-state index contributed by atoms with van der Waals surface area (Å²) in [6.45, 7) is 4.91. The highest BCUT2D eigenvalue weighted by Crippen LogP contribution is 2.26. The summed E-state index contributed by atoms with van der Waals surface area (Å²) >= 11 is 0. The fraction of sp³-hybridized carbons (Fsp3) is 0.273. The van der Waals surface area contributed by atoms with Gasteiger partial charge in [0.25, 0.3) is 0 Å². The first kappa shape index (κ1) is 18.8. The summed E-state index contributed by atoms with van der Waals surface area (Å²) in [7, 11) is -3.53. The molecule has 144 valence electrons. The second-order valence-electron chi connectivity index (χ2n) is 7.34. The summed E-state index contributed by atoms with van der Waals surface area (Å²) in [6, 6.07) is 17.0. The smallest absolute Gasteiger partial charge is 0.236 e. The molecule has 0 bridgehead atoms. The van der Waals surface area contributed by atoms with Gasteiger partial charge in [0.15, 0.2) is 5.82 Å². The second-order valence-corrected chi connectivity index (χ2v) is 9.28. The molecule has 1 aliphatic rings. The zero-order valence-electron chi connectivity index (χ0n) is 16.0. The van der Waals surface area contributed by atoms with Gasteiger partial charge in [-0.05, 0) is 23.6 Å². The molecule has 5 nitrogen and oxygen atoms in total. The summed E-state index contributed by atoms with van der Waals surface area (Å²) in [5.41, 5.74) is 3.89. The Morgan fingerprint density at radius 1 is 1.00 bits per heavy atom. The summed E-state index contributed by atoms with van der Waals surface area (Å²) < 4.78 is 27.6. The molecule has 2 aromatic carbocycles. The van der Waals surface area contributed by atoms with Crippen molar-refractivity contribution in [2.24, 2.45) is 0 Å². The Bertz CT molecular complexity index is 1080. The van der Waals surface area contributed by atoms with Crippen LogP contribution in [0.25, 0.3) is 11.4 Å². The van der Waals surface area contributed by atoms with Gasteiger partial charge in [0.2, 0.25) is 10.0 Å². The molecule has 28 heavy (non-hydrogen) atoms. The summed E-state index contributed by atoms with van der Waals surface area (Å²) in [6.07, 6.45) is 2.34. The van der Waals surface area contributed by atoms with Crippen LogP contribution in [0, 0.1) is 0 Å². The minimum Gasteiger partial charge on any atom is -0.236 e. The van der Waals surface area contributed by atoms with Crippen LogP contribution >= 0.6 is 0 Å². The topological polar surface area (TPSA) is 63.2 Å². The van der Waals surface area contributed by atoms with E-state index in [0.29, 0.717) is 36.1 Å². The first-order valence-electron chi connectivity index (χ1n) is 9.45. The first-order valence-corrected chi connectivity index (χ1v) is 10.9. The largest absolute Gasteiger partial charge is 0.243 e. The molecule has 2 heterocycles. The summed E-state index contributed by atoms with van der Waals surface area (Å²) in [4.78, 5) is 9.46. The molecule has 4 rings (SSSR count). The normalized spacial score (nSPS) is 14.8. The maximum Gasteiger partial charge on any atom is 0.243 e. The SMILES string of the molecule is CC(C)c1ccc(S(=O)(=O)N2CCc3nc(-c4ccccc4)ncc3C2)cc1. The quantitative estimate of drug-likeness (QED) is 0.672. The fourth-order valence-corrected chi connectivity index (χ4v) is 4.81. The Balaban J connectivity index is 1.58. The van der Waals surface area contributed by atoms with E-state index in [4.69, 9.17) is 0 Å². The zero-order valence-corrected chi connectivity index (χ0v) is 16.9. The van der Waals surface area contributed by atoms with Crippen LogP contribution in [0.5, 0.6) is 0 Å². The fourth-order valence-electron chi connectivity index (χ4n) is 3.40. The Labute approximate surface area is 166 Å². The number of sulfonamides is 1. The highest BCUT2D eigenvalue weighted by molar-refractivity contribution is 7.89. The van der Waals surface area contributed by atoms with E-state index in [1.807, 2.05) is 42.5 Å². The van der Waals surface area contributed by atoms with Crippen LogP contribution < -0.4 is 0 Å². The van der Waals surface area contributed by atoms with Gasteiger partial charge in [-0.25, -0.2) is 18.4 Å². The van der Waals surface area contributed by atoms with Crippen molar-refractivity contribution in [3.05, 3.63) is 77.6 Å². The van der Waals surface area contributed by atoms with Crippen molar-refractivity contribution in [2.45, 2.75) is 37.6 Å². The van der Waals surface area contributed by atoms with Crippen molar-refractivity contribution < 1.29 is 8.42 Å². The van der Waals surface area contributed by atoms with Crippen LogP contribution in [0.3, 0.4) is 0 Å². The van der Waals surface area contributed by atoms with Gasteiger partial charge in [0.1, 0.15) is 0 Å². The molecule has 6 heteroatoms. The van der Waals surface area contributed by atoms with Gasteiger partial charge >= 0.3 is 0 Å². The van der Waals surface area contributed by atoms with Crippen molar-refractivity contribution in [3.8, 4) is 11.4 Å². The average Bonchev–Trinajstić information content (AvgIpc) is 2.73. The van der Waals surface area contributed by atoms with Gasteiger partial charge in [-0.15, -0.1) is 0 Å². The molecule has 0 fully saturated rings.